The van der Waals surface area contributed by atoms with Gasteiger partial charge in [-0.05, 0) is 52.4 Å². The molecular formula is C21H26N4O5S. The fourth-order valence-electron chi connectivity index (χ4n) is 5.32. The standard InChI is InChI=1S/C21H26N4O5S/c1-19(2,3)30-18(28)24-6-5-21(15(24)26)10-13-11-22-17(31(4)29)23-14(13)25(16(21)27)20-7-12(8-20)9-20/h11-12H,5-10H2,1-4H3. The van der Waals surface area contributed by atoms with Crippen LogP contribution in [-0.4, -0.2) is 60.9 Å². The maximum atomic E-state index is 13.9. The first-order valence-electron chi connectivity index (χ1n) is 10.5. The second kappa shape index (κ2) is 6.34. The lowest BCUT2D eigenvalue weighted by Gasteiger charge is -2.67. The van der Waals surface area contributed by atoms with Gasteiger partial charge >= 0.3 is 6.09 Å². The van der Waals surface area contributed by atoms with Crippen molar-refractivity contribution in [2.75, 3.05) is 17.7 Å². The third kappa shape index (κ3) is 2.86. The molecule has 1 saturated heterocycles. The lowest BCUT2D eigenvalue weighted by atomic mass is 9.48. The number of likely N-dealkylation sites (tertiary alicyclic amines) is 1. The van der Waals surface area contributed by atoms with Crippen molar-refractivity contribution in [2.45, 2.75) is 69.2 Å². The molecule has 3 aliphatic carbocycles. The molecule has 5 aliphatic rings. The van der Waals surface area contributed by atoms with Crippen molar-refractivity contribution in [1.29, 1.82) is 0 Å². The molecule has 1 aromatic heterocycles. The number of carbonyl (C=O) groups is 3. The van der Waals surface area contributed by atoms with E-state index in [0.717, 1.165) is 24.2 Å². The van der Waals surface area contributed by atoms with Gasteiger partial charge in [0.15, 0.2) is 0 Å². The first kappa shape index (κ1) is 20.5. The number of imide groups is 1. The van der Waals surface area contributed by atoms with Crippen LogP contribution >= 0.6 is 0 Å². The zero-order valence-corrected chi connectivity index (χ0v) is 19.0. The van der Waals surface area contributed by atoms with E-state index in [2.05, 4.69) is 9.97 Å². The van der Waals surface area contributed by atoms with E-state index in [-0.39, 0.29) is 36.0 Å². The molecule has 9 nitrogen and oxygen atoms in total. The number of carbonyl (C=O) groups excluding carboxylic acids is 3. The molecule has 3 saturated carbocycles. The number of fused-ring (bicyclic) bond motifs is 1. The van der Waals surface area contributed by atoms with Crippen LogP contribution < -0.4 is 4.90 Å². The minimum Gasteiger partial charge on any atom is -0.443 e. The molecule has 1 spiro atoms. The highest BCUT2D eigenvalue weighted by Crippen LogP contribution is 2.63. The fraction of sp³-hybridized carbons (Fsp3) is 0.667. The van der Waals surface area contributed by atoms with E-state index in [1.54, 1.807) is 31.9 Å². The molecule has 0 radical (unpaired) electrons. The lowest BCUT2D eigenvalue weighted by Crippen LogP contribution is -2.73. The van der Waals surface area contributed by atoms with Gasteiger partial charge in [0.25, 0.3) is 0 Å². The molecule has 2 atom stereocenters. The molecule has 0 aromatic carbocycles. The average Bonchev–Trinajstić information content (AvgIpc) is 2.91. The summed E-state index contributed by atoms with van der Waals surface area (Å²) in [5, 5.41) is 0.173. The Morgan fingerprint density at radius 3 is 2.45 bits per heavy atom. The molecule has 2 unspecified atom stereocenters. The van der Waals surface area contributed by atoms with Crippen molar-refractivity contribution in [2.24, 2.45) is 11.3 Å². The smallest absolute Gasteiger partial charge is 0.417 e. The molecule has 6 rings (SSSR count). The summed E-state index contributed by atoms with van der Waals surface area (Å²) in [4.78, 5) is 51.4. The van der Waals surface area contributed by atoms with E-state index in [9.17, 15) is 18.6 Å². The van der Waals surface area contributed by atoms with E-state index < -0.39 is 33.8 Å². The Hall–Kier alpha value is -2.36. The molecule has 31 heavy (non-hydrogen) atoms. The van der Waals surface area contributed by atoms with Crippen molar-refractivity contribution < 1.29 is 23.3 Å². The van der Waals surface area contributed by atoms with Gasteiger partial charge in [-0.25, -0.2) is 19.7 Å². The summed E-state index contributed by atoms with van der Waals surface area (Å²) in [6, 6.07) is 0. The molecule has 166 valence electrons. The van der Waals surface area contributed by atoms with Gasteiger partial charge in [-0.1, -0.05) is 0 Å². The normalized spacial score (nSPS) is 32.5. The lowest BCUT2D eigenvalue weighted by molar-refractivity contribution is -0.147. The van der Waals surface area contributed by atoms with Crippen LogP contribution in [0.25, 0.3) is 0 Å². The zero-order chi connectivity index (χ0) is 22.3. The highest BCUT2D eigenvalue weighted by molar-refractivity contribution is 7.84. The molecule has 4 fully saturated rings. The highest BCUT2D eigenvalue weighted by Gasteiger charge is 2.68. The van der Waals surface area contributed by atoms with E-state index in [4.69, 9.17) is 4.74 Å². The van der Waals surface area contributed by atoms with Gasteiger partial charge in [-0.15, -0.1) is 0 Å². The number of anilines is 1. The van der Waals surface area contributed by atoms with E-state index in [1.807, 2.05) is 0 Å². The summed E-state index contributed by atoms with van der Waals surface area (Å²) in [6.45, 7) is 5.34. The third-order valence-electron chi connectivity index (χ3n) is 6.90. The van der Waals surface area contributed by atoms with Gasteiger partial charge < -0.3 is 4.74 Å². The van der Waals surface area contributed by atoms with Gasteiger partial charge in [-0.3, -0.25) is 18.7 Å². The summed E-state index contributed by atoms with van der Waals surface area (Å²) < 4.78 is 17.4. The van der Waals surface area contributed by atoms with Gasteiger partial charge in [0, 0.05) is 31.0 Å². The first-order valence-corrected chi connectivity index (χ1v) is 12.1. The summed E-state index contributed by atoms with van der Waals surface area (Å²) >= 11 is 0. The SMILES string of the molecule is CS(=O)c1ncc2c(n1)N(C13CC(C1)C3)C(=O)C1(CCN(C(=O)OC(C)(C)C)C1=O)C2. The van der Waals surface area contributed by atoms with Crippen molar-refractivity contribution in [3.05, 3.63) is 11.8 Å². The van der Waals surface area contributed by atoms with Crippen LogP contribution in [0.2, 0.25) is 0 Å². The topological polar surface area (TPSA) is 110 Å². The minimum absolute atomic E-state index is 0.131. The molecule has 10 heteroatoms. The van der Waals surface area contributed by atoms with Gasteiger partial charge in [0.1, 0.15) is 16.8 Å². The Labute approximate surface area is 183 Å². The van der Waals surface area contributed by atoms with Gasteiger partial charge in [0.05, 0.1) is 16.3 Å². The molecular weight excluding hydrogens is 420 g/mol. The molecule has 3 amide bonds. The Morgan fingerprint density at radius 2 is 1.90 bits per heavy atom. The number of nitrogens with zero attached hydrogens (tertiary/aromatic N) is 4. The van der Waals surface area contributed by atoms with Crippen LogP contribution in [-0.2, 0) is 31.5 Å². The van der Waals surface area contributed by atoms with Crippen LogP contribution in [0.1, 0.15) is 52.0 Å². The third-order valence-corrected chi connectivity index (χ3v) is 7.61. The van der Waals surface area contributed by atoms with Crippen molar-refractivity contribution in [3.63, 3.8) is 0 Å². The first-order chi connectivity index (χ1) is 14.5. The molecule has 0 N–H and O–H groups in total. The maximum Gasteiger partial charge on any atom is 0.417 e. The monoisotopic (exact) mass is 446 g/mol. The predicted molar refractivity (Wildman–Crippen MR) is 111 cm³/mol. The van der Waals surface area contributed by atoms with Crippen molar-refractivity contribution >= 4 is 34.5 Å². The van der Waals surface area contributed by atoms with Gasteiger partial charge in [-0.2, -0.15) is 0 Å². The van der Waals surface area contributed by atoms with Crippen LogP contribution in [0.4, 0.5) is 10.6 Å². The summed E-state index contributed by atoms with van der Waals surface area (Å²) in [6.07, 6.45) is 5.37. The quantitative estimate of drug-likeness (QED) is 0.503. The Kier molecular flexibility index (Phi) is 4.20. The summed E-state index contributed by atoms with van der Waals surface area (Å²) in [7, 11) is -1.39. The molecule has 2 aliphatic heterocycles. The number of amides is 3. The van der Waals surface area contributed by atoms with E-state index in [0.29, 0.717) is 17.3 Å². The van der Waals surface area contributed by atoms with Crippen LogP contribution in [0.5, 0.6) is 0 Å². The number of ether oxygens (including phenoxy) is 1. The van der Waals surface area contributed by atoms with Crippen LogP contribution in [0, 0.1) is 11.3 Å². The number of rotatable bonds is 2. The number of hydrogen-bond acceptors (Lipinski definition) is 7. The Morgan fingerprint density at radius 1 is 1.23 bits per heavy atom. The predicted octanol–water partition coefficient (Wildman–Crippen LogP) is 1.81. The largest absolute Gasteiger partial charge is 0.443 e. The maximum absolute atomic E-state index is 13.9. The Balaban J connectivity index is 1.54. The van der Waals surface area contributed by atoms with Crippen molar-refractivity contribution in [3.8, 4) is 0 Å². The van der Waals surface area contributed by atoms with E-state index >= 15 is 0 Å². The zero-order valence-electron chi connectivity index (χ0n) is 18.1. The van der Waals surface area contributed by atoms with E-state index in [1.165, 1.54) is 6.26 Å². The van der Waals surface area contributed by atoms with Gasteiger partial charge in [0.2, 0.25) is 17.0 Å². The second-order valence-corrected chi connectivity index (χ2v) is 11.5. The summed E-state index contributed by atoms with van der Waals surface area (Å²) in [5.41, 5.74) is -1.74. The van der Waals surface area contributed by atoms with Crippen molar-refractivity contribution in [1.82, 2.24) is 14.9 Å². The Bertz CT molecular complexity index is 1030. The van der Waals surface area contributed by atoms with Crippen LogP contribution in [0.15, 0.2) is 11.4 Å². The second-order valence-electron chi connectivity index (χ2n) is 10.2. The fourth-order valence-corrected chi connectivity index (χ4v) is 5.74. The highest BCUT2D eigenvalue weighted by atomic mass is 32.2. The van der Waals surface area contributed by atoms with Crippen LogP contribution in [0.3, 0.4) is 0 Å². The minimum atomic E-state index is -1.39. The number of aromatic nitrogens is 2. The molecule has 1 aromatic rings. The average molecular weight is 447 g/mol. The molecule has 3 heterocycles. The summed E-state index contributed by atoms with van der Waals surface area (Å²) in [5.74, 6) is 0.253. The number of hydrogen-bond donors (Lipinski definition) is 0. The molecule has 2 bridgehead atoms.